The van der Waals surface area contributed by atoms with Crippen LogP contribution in [0.3, 0.4) is 0 Å². The number of hydrogen-bond acceptors (Lipinski definition) is 1. The topological polar surface area (TPSA) is 3.24 Å². The zero-order valence-corrected chi connectivity index (χ0v) is 14.0. The van der Waals surface area contributed by atoms with Gasteiger partial charge in [-0.15, -0.1) is 0 Å². The molecule has 0 bridgehead atoms. The van der Waals surface area contributed by atoms with E-state index in [1.54, 1.807) is 0 Å². The number of hydrogen-bond donors (Lipinski definition) is 0. The van der Waals surface area contributed by atoms with Crippen LogP contribution in [0.1, 0.15) is 16.7 Å². The number of rotatable bonds is 4. The number of nitrogens with zero attached hydrogens (tertiary/aromatic N) is 1. The predicted molar refractivity (Wildman–Crippen MR) is 101 cm³/mol. The Hall–Kier alpha value is -2.38. The molecule has 1 aliphatic rings. The fraction of sp³-hybridized carbons (Fsp3) is 0.217. The Balaban J connectivity index is 1.37. The number of fused-ring (bicyclic) bond motifs is 1. The van der Waals surface area contributed by atoms with Crippen LogP contribution < -0.4 is 0 Å². The molecule has 0 spiro atoms. The van der Waals surface area contributed by atoms with Crippen molar-refractivity contribution in [1.29, 1.82) is 0 Å². The first-order valence-corrected chi connectivity index (χ1v) is 8.82. The maximum atomic E-state index is 2.58. The maximum Gasteiger partial charge on any atom is 0.0236 e. The maximum absolute atomic E-state index is 2.58. The number of benzene rings is 3. The van der Waals surface area contributed by atoms with Crippen molar-refractivity contribution >= 4 is 0 Å². The van der Waals surface area contributed by atoms with Gasteiger partial charge < -0.3 is 0 Å². The molecule has 0 N–H and O–H groups in total. The van der Waals surface area contributed by atoms with Crippen molar-refractivity contribution in [3.8, 4) is 11.1 Å². The van der Waals surface area contributed by atoms with Gasteiger partial charge in [-0.05, 0) is 40.7 Å². The van der Waals surface area contributed by atoms with Gasteiger partial charge in [0.15, 0.2) is 0 Å². The summed E-state index contributed by atoms with van der Waals surface area (Å²) in [4.78, 5) is 2.58. The molecule has 0 unspecified atom stereocenters. The summed E-state index contributed by atoms with van der Waals surface area (Å²) in [6.45, 7) is 3.41. The minimum atomic E-state index is 1.10. The fourth-order valence-electron chi connectivity index (χ4n) is 3.53. The van der Waals surface area contributed by atoms with Gasteiger partial charge in [0.25, 0.3) is 0 Å². The summed E-state index contributed by atoms with van der Waals surface area (Å²) in [7, 11) is 0. The molecular formula is C23H23N. The van der Waals surface area contributed by atoms with Gasteiger partial charge in [-0.25, -0.2) is 0 Å². The minimum absolute atomic E-state index is 1.10. The summed E-state index contributed by atoms with van der Waals surface area (Å²) in [6, 6.07) is 28.5. The summed E-state index contributed by atoms with van der Waals surface area (Å²) in [5.74, 6) is 0. The normalized spacial score (nSPS) is 14.3. The van der Waals surface area contributed by atoms with Crippen molar-refractivity contribution < 1.29 is 0 Å². The van der Waals surface area contributed by atoms with Crippen LogP contribution in [0.2, 0.25) is 0 Å². The molecule has 1 nitrogen and oxygen atoms in total. The summed E-state index contributed by atoms with van der Waals surface area (Å²) in [6.07, 6.45) is 2.31. The van der Waals surface area contributed by atoms with E-state index >= 15 is 0 Å². The molecule has 0 atom stereocenters. The smallest absolute Gasteiger partial charge is 0.0236 e. The van der Waals surface area contributed by atoms with Crippen LogP contribution in [0.15, 0.2) is 78.9 Å². The van der Waals surface area contributed by atoms with E-state index in [4.69, 9.17) is 0 Å². The van der Waals surface area contributed by atoms with E-state index in [1.807, 2.05) is 0 Å². The zero-order valence-electron chi connectivity index (χ0n) is 14.0. The van der Waals surface area contributed by atoms with E-state index in [0.29, 0.717) is 0 Å². The van der Waals surface area contributed by atoms with Crippen LogP contribution >= 0.6 is 0 Å². The lowest BCUT2D eigenvalue weighted by molar-refractivity contribution is 0.257. The summed E-state index contributed by atoms with van der Waals surface area (Å²) < 4.78 is 0. The van der Waals surface area contributed by atoms with Crippen molar-refractivity contribution in [2.24, 2.45) is 0 Å². The second-order valence-corrected chi connectivity index (χ2v) is 6.61. The molecule has 3 aromatic carbocycles. The van der Waals surface area contributed by atoms with Gasteiger partial charge in [-0.2, -0.15) is 0 Å². The molecule has 4 rings (SSSR count). The van der Waals surface area contributed by atoms with E-state index < -0.39 is 0 Å². The first kappa shape index (κ1) is 15.2. The third-order valence-corrected chi connectivity index (χ3v) is 4.99. The van der Waals surface area contributed by atoms with Crippen LogP contribution in [-0.2, 0) is 19.4 Å². The van der Waals surface area contributed by atoms with Crippen LogP contribution in [0.4, 0.5) is 0 Å². The lowest BCUT2D eigenvalue weighted by atomic mass is 9.99. The highest BCUT2D eigenvalue weighted by Crippen LogP contribution is 2.21. The van der Waals surface area contributed by atoms with Gasteiger partial charge in [0.1, 0.15) is 0 Å². The largest absolute Gasteiger partial charge is 0.298 e. The Labute approximate surface area is 144 Å². The third kappa shape index (κ3) is 3.42. The zero-order chi connectivity index (χ0) is 16.2. The van der Waals surface area contributed by atoms with E-state index in [1.165, 1.54) is 40.8 Å². The van der Waals surface area contributed by atoms with Gasteiger partial charge in [-0.3, -0.25) is 4.90 Å². The predicted octanol–water partition coefficient (Wildman–Crippen LogP) is 4.95. The molecule has 1 aliphatic heterocycles. The monoisotopic (exact) mass is 313 g/mol. The van der Waals surface area contributed by atoms with Gasteiger partial charge in [-0.1, -0.05) is 78.9 Å². The standard InChI is InChI=1S/C23H23N/c1-2-6-20(7-3-1)22-12-10-19(11-13-22)14-16-24-17-15-21-8-4-5-9-23(21)18-24/h1-13H,14-18H2. The Morgan fingerprint density at radius 3 is 2.12 bits per heavy atom. The van der Waals surface area contributed by atoms with Crippen molar-refractivity contribution in [2.75, 3.05) is 13.1 Å². The molecule has 0 saturated carbocycles. The molecule has 0 aliphatic carbocycles. The van der Waals surface area contributed by atoms with E-state index in [0.717, 1.165) is 19.5 Å². The average molecular weight is 313 g/mol. The van der Waals surface area contributed by atoms with Gasteiger partial charge in [0.2, 0.25) is 0 Å². The molecule has 0 saturated heterocycles. The molecule has 3 aromatic rings. The molecule has 0 fully saturated rings. The Morgan fingerprint density at radius 2 is 1.33 bits per heavy atom. The van der Waals surface area contributed by atoms with E-state index in [2.05, 4.69) is 83.8 Å². The highest BCUT2D eigenvalue weighted by molar-refractivity contribution is 5.63. The minimum Gasteiger partial charge on any atom is -0.298 e. The van der Waals surface area contributed by atoms with Crippen LogP contribution in [0.25, 0.3) is 11.1 Å². The molecule has 24 heavy (non-hydrogen) atoms. The SMILES string of the molecule is c1ccc(-c2ccc(CCN3CCc4ccccc4C3)cc2)cc1. The molecule has 1 heteroatoms. The quantitative estimate of drug-likeness (QED) is 0.658. The summed E-state index contributed by atoms with van der Waals surface area (Å²) in [5.41, 5.74) is 7.04. The molecule has 0 amide bonds. The van der Waals surface area contributed by atoms with Gasteiger partial charge in [0.05, 0.1) is 0 Å². The van der Waals surface area contributed by atoms with E-state index in [-0.39, 0.29) is 0 Å². The Kier molecular flexibility index (Phi) is 4.44. The molecule has 120 valence electrons. The fourth-order valence-corrected chi connectivity index (χ4v) is 3.53. The summed E-state index contributed by atoms with van der Waals surface area (Å²) in [5, 5.41) is 0. The first-order chi connectivity index (χ1) is 11.9. The highest BCUT2D eigenvalue weighted by atomic mass is 15.1. The van der Waals surface area contributed by atoms with Gasteiger partial charge in [0, 0.05) is 19.6 Å². The van der Waals surface area contributed by atoms with Crippen molar-refractivity contribution in [3.63, 3.8) is 0 Å². The molecule has 0 radical (unpaired) electrons. The van der Waals surface area contributed by atoms with Crippen molar-refractivity contribution in [3.05, 3.63) is 95.6 Å². The lowest BCUT2D eigenvalue weighted by Crippen LogP contribution is -2.32. The molecule has 0 aromatic heterocycles. The third-order valence-electron chi connectivity index (χ3n) is 4.99. The van der Waals surface area contributed by atoms with Crippen molar-refractivity contribution in [1.82, 2.24) is 4.90 Å². The van der Waals surface area contributed by atoms with Crippen molar-refractivity contribution in [2.45, 2.75) is 19.4 Å². The van der Waals surface area contributed by atoms with Gasteiger partial charge >= 0.3 is 0 Å². The van der Waals surface area contributed by atoms with E-state index in [9.17, 15) is 0 Å². The molecule has 1 heterocycles. The molecular weight excluding hydrogens is 290 g/mol. The average Bonchev–Trinajstić information content (AvgIpc) is 2.67. The highest BCUT2D eigenvalue weighted by Gasteiger charge is 2.15. The second kappa shape index (κ2) is 7.02. The first-order valence-electron chi connectivity index (χ1n) is 8.82. The van der Waals surface area contributed by atoms with Crippen LogP contribution in [0, 0.1) is 0 Å². The second-order valence-electron chi connectivity index (χ2n) is 6.61. The lowest BCUT2D eigenvalue weighted by Gasteiger charge is -2.28. The van der Waals surface area contributed by atoms with Crippen LogP contribution in [0.5, 0.6) is 0 Å². The van der Waals surface area contributed by atoms with Crippen LogP contribution in [-0.4, -0.2) is 18.0 Å². The Morgan fingerprint density at radius 1 is 0.667 bits per heavy atom. The Bertz CT molecular complexity index is 790. The summed E-state index contributed by atoms with van der Waals surface area (Å²) >= 11 is 0.